The van der Waals surface area contributed by atoms with Gasteiger partial charge in [0.05, 0.1) is 5.60 Å². The van der Waals surface area contributed by atoms with Crippen LogP contribution in [0.3, 0.4) is 0 Å². The van der Waals surface area contributed by atoms with E-state index in [1.807, 2.05) is 7.05 Å². The second-order valence-electron chi connectivity index (χ2n) is 5.26. The second kappa shape index (κ2) is 8.06. The molecular formula is C14H29NO2. The summed E-state index contributed by atoms with van der Waals surface area (Å²) in [5.74, 6) is 0.919. The zero-order chi connectivity index (χ0) is 12.6. The Morgan fingerprint density at radius 1 is 1.24 bits per heavy atom. The monoisotopic (exact) mass is 243 g/mol. The van der Waals surface area contributed by atoms with Crippen molar-refractivity contribution in [1.82, 2.24) is 5.32 Å². The average molecular weight is 243 g/mol. The number of ether oxygens (including phenoxy) is 2. The van der Waals surface area contributed by atoms with Crippen LogP contribution in [0.4, 0.5) is 0 Å². The molecule has 0 aliphatic heterocycles. The molecule has 1 aliphatic rings. The first-order valence-corrected chi connectivity index (χ1v) is 7.04. The third kappa shape index (κ3) is 4.94. The molecule has 17 heavy (non-hydrogen) atoms. The van der Waals surface area contributed by atoms with Crippen LogP contribution in [0.25, 0.3) is 0 Å². The topological polar surface area (TPSA) is 30.5 Å². The molecule has 0 saturated heterocycles. The van der Waals surface area contributed by atoms with Gasteiger partial charge in [-0.25, -0.2) is 0 Å². The third-order valence-electron chi connectivity index (χ3n) is 3.99. The van der Waals surface area contributed by atoms with E-state index in [2.05, 4.69) is 12.2 Å². The van der Waals surface area contributed by atoms with E-state index in [9.17, 15) is 0 Å². The Bertz CT molecular complexity index is 189. The molecule has 0 bridgehead atoms. The van der Waals surface area contributed by atoms with Crippen molar-refractivity contribution in [3.05, 3.63) is 0 Å². The molecule has 0 aromatic carbocycles. The van der Waals surface area contributed by atoms with Crippen LogP contribution in [-0.4, -0.2) is 39.5 Å². The smallest absolute Gasteiger partial charge is 0.0806 e. The predicted molar refractivity (Wildman–Crippen MR) is 71.4 cm³/mol. The van der Waals surface area contributed by atoms with E-state index < -0.39 is 0 Å². The minimum atomic E-state index is 0.0914. The molecule has 1 N–H and O–H groups in total. The van der Waals surface area contributed by atoms with Crippen molar-refractivity contribution in [2.75, 3.05) is 33.9 Å². The van der Waals surface area contributed by atoms with Gasteiger partial charge in [-0.1, -0.05) is 13.3 Å². The molecular weight excluding hydrogens is 214 g/mol. The Morgan fingerprint density at radius 2 is 1.94 bits per heavy atom. The standard InChI is InChI=1S/C14H29NO2/c1-4-13-6-8-14(9-7-13,12-15-2)17-11-5-10-16-3/h13,15H,4-12H2,1-3H3. The van der Waals surface area contributed by atoms with Gasteiger partial charge in [0.15, 0.2) is 0 Å². The minimum Gasteiger partial charge on any atom is -0.385 e. The predicted octanol–water partition coefficient (Wildman–Crippen LogP) is 2.60. The van der Waals surface area contributed by atoms with E-state index in [0.717, 1.165) is 32.1 Å². The number of hydrogen-bond acceptors (Lipinski definition) is 3. The highest BCUT2D eigenvalue weighted by molar-refractivity contribution is 4.88. The van der Waals surface area contributed by atoms with E-state index in [0.29, 0.717) is 0 Å². The maximum atomic E-state index is 6.16. The zero-order valence-corrected chi connectivity index (χ0v) is 11.8. The molecule has 0 amide bonds. The summed E-state index contributed by atoms with van der Waals surface area (Å²) in [5, 5.41) is 3.30. The highest BCUT2D eigenvalue weighted by Crippen LogP contribution is 2.36. The normalized spacial score (nSPS) is 29.5. The maximum absolute atomic E-state index is 6.16. The van der Waals surface area contributed by atoms with E-state index in [1.54, 1.807) is 7.11 Å². The fourth-order valence-corrected chi connectivity index (χ4v) is 2.80. The molecule has 1 fully saturated rings. The van der Waals surface area contributed by atoms with Crippen LogP contribution in [0, 0.1) is 5.92 Å². The minimum absolute atomic E-state index is 0.0914. The van der Waals surface area contributed by atoms with Gasteiger partial charge in [-0.05, 0) is 45.1 Å². The van der Waals surface area contributed by atoms with Crippen molar-refractivity contribution in [2.45, 2.75) is 51.0 Å². The van der Waals surface area contributed by atoms with Gasteiger partial charge in [0.2, 0.25) is 0 Å². The Balaban J connectivity index is 2.35. The lowest BCUT2D eigenvalue weighted by molar-refractivity contribution is -0.0795. The van der Waals surface area contributed by atoms with Crippen molar-refractivity contribution in [2.24, 2.45) is 5.92 Å². The van der Waals surface area contributed by atoms with E-state index in [4.69, 9.17) is 9.47 Å². The summed E-state index contributed by atoms with van der Waals surface area (Å²) >= 11 is 0. The van der Waals surface area contributed by atoms with Crippen LogP contribution < -0.4 is 5.32 Å². The third-order valence-corrected chi connectivity index (χ3v) is 3.99. The summed E-state index contributed by atoms with van der Waals surface area (Å²) in [7, 11) is 3.77. The second-order valence-corrected chi connectivity index (χ2v) is 5.26. The van der Waals surface area contributed by atoms with Crippen LogP contribution in [0.2, 0.25) is 0 Å². The Morgan fingerprint density at radius 3 is 2.47 bits per heavy atom. The summed E-state index contributed by atoms with van der Waals surface area (Å²) in [4.78, 5) is 0. The van der Waals surface area contributed by atoms with Gasteiger partial charge in [0, 0.05) is 26.9 Å². The van der Waals surface area contributed by atoms with Crippen LogP contribution in [0.5, 0.6) is 0 Å². The summed E-state index contributed by atoms with van der Waals surface area (Å²) in [6, 6.07) is 0. The molecule has 102 valence electrons. The first-order valence-electron chi connectivity index (χ1n) is 7.04. The largest absolute Gasteiger partial charge is 0.385 e. The Labute approximate surface area is 106 Å². The number of nitrogens with one attached hydrogen (secondary N) is 1. The highest BCUT2D eigenvalue weighted by atomic mass is 16.5. The summed E-state index contributed by atoms with van der Waals surface area (Å²) < 4.78 is 11.2. The first-order chi connectivity index (χ1) is 8.26. The van der Waals surface area contributed by atoms with Gasteiger partial charge in [0.25, 0.3) is 0 Å². The fraction of sp³-hybridized carbons (Fsp3) is 1.00. The fourth-order valence-electron chi connectivity index (χ4n) is 2.80. The average Bonchev–Trinajstić information content (AvgIpc) is 2.36. The highest BCUT2D eigenvalue weighted by Gasteiger charge is 2.34. The molecule has 3 nitrogen and oxygen atoms in total. The molecule has 0 heterocycles. The lowest BCUT2D eigenvalue weighted by Crippen LogP contribution is -2.45. The van der Waals surface area contributed by atoms with E-state index in [-0.39, 0.29) is 5.60 Å². The van der Waals surface area contributed by atoms with Crippen molar-refractivity contribution >= 4 is 0 Å². The van der Waals surface area contributed by atoms with Crippen LogP contribution >= 0.6 is 0 Å². The lowest BCUT2D eigenvalue weighted by atomic mass is 9.77. The number of methoxy groups -OCH3 is 1. The Hall–Kier alpha value is -0.120. The number of rotatable bonds is 8. The maximum Gasteiger partial charge on any atom is 0.0806 e. The van der Waals surface area contributed by atoms with Crippen LogP contribution in [0.1, 0.15) is 45.4 Å². The SMILES string of the molecule is CCC1CCC(CNC)(OCCCOC)CC1. The summed E-state index contributed by atoms with van der Waals surface area (Å²) in [6.07, 6.45) is 7.38. The van der Waals surface area contributed by atoms with Crippen LogP contribution in [-0.2, 0) is 9.47 Å². The van der Waals surface area contributed by atoms with Gasteiger partial charge in [-0.2, -0.15) is 0 Å². The van der Waals surface area contributed by atoms with Gasteiger partial charge in [-0.15, -0.1) is 0 Å². The molecule has 0 aromatic heterocycles. The summed E-state index contributed by atoms with van der Waals surface area (Å²) in [5.41, 5.74) is 0.0914. The molecule has 1 rings (SSSR count). The van der Waals surface area contributed by atoms with Crippen molar-refractivity contribution in [3.8, 4) is 0 Å². The Kier molecular flexibility index (Phi) is 7.09. The molecule has 1 aliphatic carbocycles. The lowest BCUT2D eigenvalue weighted by Gasteiger charge is -2.40. The zero-order valence-electron chi connectivity index (χ0n) is 11.8. The van der Waals surface area contributed by atoms with Crippen LogP contribution in [0.15, 0.2) is 0 Å². The van der Waals surface area contributed by atoms with Gasteiger partial charge in [0.1, 0.15) is 0 Å². The summed E-state index contributed by atoms with van der Waals surface area (Å²) in [6.45, 7) is 4.91. The molecule has 0 aromatic rings. The van der Waals surface area contributed by atoms with Gasteiger partial charge < -0.3 is 14.8 Å². The molecule has 0 atom stereocenters. The molecule has 0 spiro atoms. The van der Waals surface area contributed by atoms with Crippen molar-refractivity contribution < 1.29 is 9.47 Å². The quantitative estimate of drug-likeness (QED) is 0.665. The van der Waals surface area contributed by atoms with E-state index >= 15 is 0 Å². The van der Waals surface area contributed by atoms with Gasteiger partial charge >= 0.3 is 0 Å². The van der Waals surface area contributed by atoms with Crippen molar-refractivity contribution in [3.63, 3.8) is 0 Å². The molecule has 3 heteroatoms. The first kappa shape index (κ1) is 14.9. The van der Waals surface area contributed by atoms with E-state index in [1.165, 1.54) is 32.1 Å². The number of likely N-dealkylation sites (N-methyl/N-ethyl adjacent to an activating group) is 1. The number of hydrogen-bond donors (Lipinski definition) is 1. The molecule has 0 radical (unpaired) electrons. The molecule has 0 unspecified atom stereocenters. The van der Waals surface area contributed by atoms with Gasteiger partial charge in [-0.3, -0.25) is 0 Å². The molecule has 1 saturated carbocycles. The van der Waals surface area contributed by atoms with Crippen molar-refractivity contribution in [1.29, 1.82) is 0 Å².